The third-order valence-electron chi connectivity index (χ3n) is 2.59. The Bertz CT molecular complexity index is 408. The summed E-state index contributed by atoms with van der Waals surface area (Å²) in [5, 5.41) is 11.5. The van der Waals surface area contributed by atoms with Gasteiger partial charge in [0, 0.05) is 26.1 Å². The van der Waals surface area contributed by atoms with Crippen LogP contribution in [0.25, 0.3) is 0 Å². The number of hydrogen-bond acceptors (Lipinski definition) is 4. The quantitative estimate of drug-likeness (QED) is 0.673. The first-order valence-electron chi connectivity index (χ1n) is 6.03. The molecule has 0 aromatic carbocycles. The zero-order chi connectivity index (χ0) is 14.1. The Morgan fingerprint density at radius 1 is 1.42 bits per heavy atom. The van der Waals surface area contributed by atoms with Gasteiger partial charge in [0.1, 0.15) is 6.04 Å². The number of hydrogen-bond donors (Lipinski definition) is 2. The van der Waals surface area contributed by atoms with Crippen molar-refractivity contribution >= 4 is 11.9 Å². The number of carboxylic acids is 1. The van der Waals surface area contributed by atoms with E-state index in [2.05, 4.69) is 10.3 Å². The van der Waals surface area contributed by atoms with Crippen molar-refractivity contribution in [3.63, 3.8) is 0 Å². The average molecular weight is 266 g/mol. The highest BCUT2D eigenvalue weighted by atomic mass is 16.5. The minimum Gasteiger partial charge on any atom is -0.480 e. The first-order chi connectivity index (χ1) is 9.13. The van der Waals surface area contributed by atoms with Crippen LogP contribution in [0.4, 0.5) is 0 Å². The van der Waals surface area contributed by atoms with Gasteiger partial charge in [0.25, 0.3) is 0 Å². The van der Waals surface area contributed by atoms with Crippen LogP contribution >= 0.6 is 0 Å². The van der Waals surface area contributed by atoms with Crippen molar-refractivity contribution in [2.24, 2.45) is 0 Å². The van der Waals surface area contributed by atoms with Crippen molar-refractivity contribution in [3.05, 3.63) is 30.1 Å². The summed E-state index contributed by atoms with van der Waals surface area (Å²) in [7, 11) is 1.55. The number of pyridine rings is 1. The Kier molecular flexibility index (Phi) is 6.52. The van der Waals surface area contributed by atoms with Crippen molar-refractivity contribution in [2.45, 2.75) is 25.3 Å². The molecule has 0 fully saturated rings. The van der Waals surface area contributed by atoms with Gasteiger partial charge in [0.15, 0.2) is 0 Å². The highest BCUT2D eigenvalue weighted by molar-refractivity contribution is 5.84. The molecule has 1 unspecified atom stereocenters. The standard InChI is InChI=1S/C13H18N2O4/c1-19-8-2-3-11(13(17)18)15-12(16)9-10-4-6-14-7-5-10/h4-7,11H,2-3,8-9H2,1H3,(H,15,16)(H,17,18). The van der Waals surface area contributed by atoms with E-state index in [1.807, 2.05) is 0 Å². The smallest absolute Gasteiger partial charge is 0.326 e. The summed E-state index contributed by atoms with van der Waals surface area (Å²) in [6.45, 7) is 0.476. The van der Waals surface area contributed by atoms with Gasteiger partial charge in [-0.05, 0) is 30.5 Å². The van der Waals surface area contributed by atoms with E-state index in [1.165, 1.54) is 0 Å². The van der Waals surface area contributed by atoms with Crippen molar-refractivity contribution < 1.29 is 19.4 Å². The lowest BCUT2D eigenvalue weighted by Crippen LogP contribution is -2.41. The number of ether oxygens (including phenoxy) is 1. The monoisotopic (exact) mass is 266 g/mol. The number of carboxylic acid groups (broad SMARTS) is 1. The summed E-state index contributed by atoms with van der Waals surface area (Å²) >= 11 is 0. The van der Waals surface area contributed by atoms with Gasteiger partial charge in [-0.15, -0.1) is 0 Å². The largest absolute Gasteiger partial charge is 0.480 e. The molecular formula is C13H18N2O4. The lowest BCUT2D eigenvalue weighted by Gasteiger charge is -2.14. The summed E-state index contributed by atoms with van der Waals surface area (Å²) < 4.78 is 4.86. The van der Waals surface area contributed by atoms with E-state index in [4.69, 9.17) is 9.84 Å². The van der Waals surface area contributed by atoms with Crippen LogP contribution in [0.15, 0.2) is 24.5 Å². The van der Waals surface area contributed by atoms with Gasteiger partial charge in [-0.25, -0.2) is 4.79 Å². The maximum absolute atomic E-state index is 11.7. The van der Waals surface area contributed by atoms with Gasteiger partial charge >= 0.3 is 5.97 Å². The molecule has 0 aliphatic rings. The lowest BCUT2D eigenvalue weighted by atomic mass is 10.1. The van der Waals surface area contributed by atoms with Gasteiger partial charge in [-0.1, -0.05) is 0 Å². The van der Waals surface area contributed by atoms with E-state index in [9.17, 15) is 9.59 Å². The number of aromatic nitrogens is 1. The van der Waals surface area contributed by atoms with Crippen molar-refractivity contribution in [3.8, 4) is 0 Å². The minimum absolute atomic E-state index is 0.149. The van der Waals surface area contributed by atoms with E-state index in [0.717, 1.165) is 5.56 Å². The molecule has 1 heterocycles. The second-order valence-electron chi connectivity index (χ2n) is 4.13. The van der Waals surface area contributed by atoms with E-state index < -0.39 is 12.0 Å². The van der Waals surface area contributed by atoms with Crippen molar-refractivity contribution in [1.29, 1.82) is 0 Å². The number of carbonyl (C=O) groups is 2. The lowest BCUT2D eigenvalue weighted by molar-refractivity contribution is -0.142. The summed E-state index contributed by atoms with van der Waals surface area (Å²) in [5.74, 6) is -1.34. The van der Waals surface area contributed by atoms with Gasteiger partial charge in [-0.3, -0.25) is 9.78 Å². The average Bonchev–Trinajstić information content (AvgIpc) is 2.38. The number of nitrogens with zero attached hydrogens (tertiary/aromatic N) is 1. The number of nitrogens with one attached hydrogen (secondary N) is 1. The van der Waals surface area contributed by atoms with Crippen LogP contribution in [-0.4, -0.2) is 41.7 Å². The van der Waals surface area contributed by atoms with Crippen molar-refractivity contribution in [1.82, 2.24) is 10.3 Å². The molecule has 6 nitrogen and oxygen atoms in total. The van der Waals surface area contributed by atoms with E-state index in [1.54, 1.807) is 31.6 Å². The van der Waals surface area contributed by atoms with Crippen LogP contribution in [0.2, 0.25) is 0 Å². The van der Waals surface area contributed by atoms with Crippen LogP contribution in [0.3, 0.4) is 0 Å². The second kappa shape index (κ2) is 8.20. The molecule has 1 aromatic heterocycles. The Hall–Kier alpha value is -1.95. The molecule has 2 N–H and O–H groups in total. The molecule has 0 spiro atoms. The molecule has 0 saturated carbocycles. The van der Waals surface area contributed by atoms with Crippen LogP contribution in [0, 0.1) is 0 Å². The van der Waals surface area contributed by atoms with Gasteiger partial charge in [0.05, 0.1) is 6.42 Å². The molecule has 0 aliphatic heterocycles. The number of methoxy groups -OCH3 is 1. The predicted molar refractivity (Wildman–Crippen MR) is 68.6 cm³/mol. The number of rotatable bonds is 8. The van der Waals surface area contributed by atoms with Crippen LogP contribution < -0.4 is 5.32 Å². The fourth-order valence-electron chi connectivity index (χ4n) is 1.62. The number of aliphatic carboxylic acids is 1. The highest BCUT2D eigenvalue weighted by Gasteiger charge is 2.19. The topological polar surface area (TPSA) is 88.5 Å². The van der Waals surface area contributed by atoms with Crippen molar-refractivity contribution in [2.75, 3.05) is 13.7 Å². The van der Waals surface area contributed by atoms with E-state index in [0.29, 0.717) is 19.4 Å². The highest BCUT2D eigenvalue weighted by Crippen LogP contribution is 2.01. The summed E-state index contributed by atoms with van der Waals surface area (Å²) in [4.78, 5) is 26.6. The normalized spacial score (nSPS) is 11.8. The first-order valence-corrected chi connectivity index (χ1v) is 6.03. The maximum atomic E-state index is 11.7. The SMILES string of the molecule is COCCCC(NC(=O)Cc1ccncc1)C(=O)O. The Labute approximate surface area is 111 Å². The number of amides is 1. The Morgan fingerprint density at radius 2 is 2.11 bits per heavy atom. The van der Waals surface area contributed by atoms with E-state index >= 15 is 0 Å². The zero-order valence-electron chi connectivity index (χ0n) is 10.8. The minimum atomic E-state index is -1.03. The van der Waals surface area contributed by atoms with Crippen LogP contribution in [0.1, 0.15) is 18.4 Å². The molecule has 1 rings (SSSR count). The molecule has 19 heavy (non-hydrogen) atoms. The molecule has 0 radical (unpaired) electrons. The summed E-state index contributed by atoms with van der Waals surface area (Å²) in [6, 6.07) is 2.57. The third-order valence-corrected chi connectivity index (χ3v) is 2.59. The molecule has 6 heteroatoms. The Balaban J connectivity index is 2.45. The maximum Gasteiger partial charge on any atom is 0.326 e. The van der Waals surface area contributed by atoms with Crippen LogP contribution in [0.5, 0.6) is 0 Å². The van der Waals surface area contributed by atoms with E-state index in [-0.39, 0.29) is 12.3 Å². The molecule has 104 valence electrons. The molecule has 1 amide bonds. The second-order valence-corrected chi connectivity index (χ2v) is 4.13. The molecular weight excluding hydrogens is 248 g/mol. The van der Waals surface area contributed by atoms with Gasteiger partial charge < -0.3 is 15.2 Å². The molecule has 0 bridgehead atoms. The molecule has 0 saturated heterocycles. The number of carbonyl (C=O) groups excluding carboxylic acids is 1. The fraction of sp³-hybridized carbons (Fsp3) is 0.462. The zero-order valence-corrected chi connectivity index (χ0v) is 10.8. The molecule has 1 aromatic rings. The van der Waals surface area contributed by atoms with Gasteiger partial charge in [0.2, 0.25) is 5.91 Å². The fourth-order valence-corrected chi connectivity index (χ4v) is 1.62. The van der Waals surface area contributed by atoms with Gasteiger partial charge in [-0.2, -0.15) is 0 Å². The van der Waals surface area contributed by atoms with Crippen LogP contribution in [-0.2, 0) is 20.7 Å². The Morgan fingerprint density at radius 3 is 2.68 bits per heavy atom. The first kappa shape index (κ1) is 15.1. The third kappa shape index (κ3) is 5.96. The molecule has 0 aliphatic carbocycles. The predicted octanol–water partition coefficient (Wildman–Crippen LogP) is 0.620. The summed E-state index contributed by atoms with van der Waals surface area (Å²) in [5.41, 5.74) is 0.800. The molecule has 1 atom stereocenters. The summed E-state index contributed by atoms with van der Waals surface area (Å²) in [6.07, 6.45) is 4.27.